The minimum atomic E-state index is -0.494. The van der Waals surface area contributed by atoms with Crippen LogP contribution in [0.1, 0.15) is 52.4 Å². The molecular weight excluding hydrogens is 354 g/mol. The van der Waals surface area contributed by atoms with E-state index in [0.29, 0.717) is 24.3 Å². The van der Waals surface area contributed by atoms with Gasteiger partial charge in [0, 0.05) is 35.5 Å². The lowest BCUT2D eigenvalue weighted by molar-refractivity contribution is 0.0910. The molecule has 1 aromatic carbocycles. The number of carbonyl (C=O) groups is 2. The Kier molecular flexibility index (Phi) is 5.35. The van der Waals surface area contributed by atoms with Crippen LogP contribution in [-0.2, 0) is 6.42 Å². The number of hydrogen-bond donors (Lipinski definition) is 1. The van der Waals surface area contributed by atoms with Crippen molar-refractivity contribution in [3.8, 4) is 11.4 Å². The molecule has 2 N–H and O–H groups in total. The SMILES string of the molecule is Cc1cc2c(n1-c1ccc(C(N)=O)cc1OCCN(C)C)CC(C)(C)CC2=O. The molecule has 1 aromatic heterocycles. The summed E-state index contributed by atoms with van der Waals surface area (Å²) in [6.45, 7) is 7.45. The molecule has 0 unspecified atom stereocenters. The fourth-order valence-electron chi connectivity index (χ4n) is 3.79. The van der Waals surface area contributed by atoms with Gasteiger partial charge in [-0.05, 0) is 57.1 Å². The van der Waals surface area contributed by atoms with Crippen molar-refractivity contribution in [2.75, 3.05) is 27.2 Å². The summed E-state index contributed by atoms with van der Waals surface area (Å²) in [4.78, 5) is 26.4. The van der Waals surface area contributed by atoms with Crippen LogP contribution < -0.4 is 10.5 Å². The maximum absolute atomic E-state index is 12.7. The van der Waals surface area contributed by atoms with Crippen LogP contribution in [0.15, 0.2) is 24.3 Å². The number of benzene rings is 1. The number of hydrogen-bond acceptors (Lipinski definition) is 4. The summed E-state index contributed by atoms with van der Waals surface area (Å²) < 4.78 is 8.12. The molecule has 1 aliphatic rings. The van der Waals surface area contributed by atoms with E-state index in [-0.39, 0.29) is 11.2 Å². The van der Waals surface area contributed by atoms with Crippen LogP contribution in [0.5, 0.6) is 5.75 Å². The molecule has 0 spiro atoms. The van der Waals surface area contributed by atoms with Crippen LogP contribution in [0.2, 0.25) is 0 Å². The molecule has 150 valence electrons. The third-order valence-electron chi connectivity index (χ3n) is 5.15. The van der Waals surface area contributed by atoms with Crippen molar-refractivity contribution >= 4 is 11.7 Å². The molecule has 0 saturated heterocycles. The lowest BCUT2D eigenvalue weighted by Crippen LogP contribution is -2.28. The number of ketones is 1. The van der Waals surface area contributed by atoms with Gasteiger partial charge in [0.05, 0.1) is 5.69 Å². The Morgan fingerprint density at radius 1 is 1.25 bits per heavy atom. The van der Waals surface area contributed by atoms with Gasteiger partial charge in [0.15, 0.2) is 5.78 Å². The van der Waals surface area contributed by atoms with Crippen molar-refractivity contribution in [1.82, 2.24) is 9.47 Å². The van der Waals surface area contributed by atoms with Gasteiger partial charge in [0.2, 0.25) is 5.91 Å². The summed E-state index contributed by atoms with van der Waals surface area (Å²) in [5.74, 6) is 0.277. The van der Waals surface area contributed by atoms with Gasteiger partial charge in [-0.15, -0.1) is 0 Å². The standard InChI is InChI=1S/C22H29N3O3/c1-14-10-16-18(12-22(2,3)13-19(16)26)25(14)17-7-6-15(21(23)27)11-20(17)28-9-8-24(4)5/h6-7,10-11H,8-9,12-13H2,1-5H3,(H2,23,27). The maximum Gasteiger partial charge on any atom is 0.248 e. The summed E-state index contributed by atoms with van der Waals surface area (Å²) >= 11 is 0. The van der Waals surface area contributed by atoms with Gasteiger partial charge >= 0.3 is 0 Å². The fraction of sp³-hybridized carbons (Fsp3) is 0.455. The monoisotopic (exact) mass is 383 g/mol. The molecule has 2 aromatic rings. The van der Waals surface area contributed by atoms with Crippen molar-refractivity contribution < 1.29 is 14.3 Å². The zero-order valence-electron chi connectivity index (χ0n) is 17.3. The highest BCUT2D eigenvalue weighted by Gasteiger charge is 2.34. The molecule has 6 nitrogen and oxygen atoms in total. The lowest BCUT2D eigenvalue weighted by atomic mass is 9.76. The quantitative estimate of drug-likeness (QED) is 0.832. The second-order valence-corrected chi connectivity index (χ2v) is 8.62. The molecule has 6 heteroatoms. The lowest BCUT2D eigenvalue weighted by Gasteiger charge is -2.30. The van der Waals surface area contributed by atoms with Gasteiger partial charge in [-0.3, -0.25) is 9.59 Å². The van der Waals surface area contributed by atoms with E-state index < -0.39 is 5.91 Å². The van der Waals surface area contributed by atoms with Crippen LogP contribution in [-0.4, -0.2) is 48.4 Å². The molecule has 0 fully saturated rings. The Bertz CT molecular complexity index is 925. The zero-order valence-corrected chi connectivity index (χ0v) is 17.3. The van der Waals surface area contributed by atoms with Gasteiger partial charge in [-0.2, -0.15) is 0 Å². The minimum absolute atomic E-state index is 0.0915. The highest BCUT2D eigenvalue weighted by molar-refractivity contribution is 5.99. The number of ether oxygens (including phenoxy) is 1. The van der Waals surface area contributed by atoms with E-state index in [4.69, 9.17) is 10.5 Å². The van der Waals surface area contributed by atoms with Crippen molar-refractivity contribution in [2.24, 2.45) is 11.1 Å². The van der Waals surface area contributed by atoms with E-state index in [1.54, 1.807) is 12.1 Å². The molecule has 1 amide bonds. The Labute approximate surface area is 166 Å². The highest BCUT2D eigenvalue weighted by atomic mass is 16.5. The van der Waals surface area contributed by atoms with Gasteiger partial charge in [-0.1, -0.05) is 13.8 Å². The maximum atomic E-state index is 12.7. The molecule has 28 heavy (non-hydrogen) atoms. The number of rotatable bonds is 6. The predicted molar refractivity (Wildman–Crippen MR) is 110 cm³/mol. The van der Waals surface area contributed by atoms with E-state index >= 15 is 0 Å². The molecule has 0 radical (unpaired) electrons. The third-order valence-corrected chi connectivity index (χ3v) is 5.15. The van der Waals surface area contributed by atoms with Crippen LogP contribution in [0.3, 0.4) is 0 Å². The van der Waals surface area contributed by atoms with Gasteiger partial charge in [0.25, 0.3) is 0 Å². The van der Waals surface area contributed by atoms with Crippen LogP contribution in [0.4, 0.5) is 0 Å². The molecule has 0 aliphatic heterocycles. The number of aromatic nitrogens is 1. The van der Waals surface area contributed by atoms with Crippen LogP contribution in [0, 0.1) is 12.3 Å². The first-order chi connectivity index (χ1) is 13.1. The number of Topliss-reactive ketones (excluding diaryl/α,β-unsaturated/α-hetero) is 1. The average Bonchev–Trinajstić information content (AvgIpc) is 2.89. The first kappa shape index (κ1) is 20.1. The number of nitrogens with zero attached hydrogens (tertiary/aromatic N) is 2. The van der Waals surface area contributed by atoms with Gasteiger partial charge < -0.3 is 19.9 Å². The second-order valence-electron chi connectivity index (χ2n) is 8.62. The Morgan fingerprint density at radius 2 is 1.96 bits per heavy atom. The number of carbonyl (C=O) groups excluding carboxylic acids is 2. The van der Waals surface area contributed by atoms with Crippen LogP contribution >= 0.6 is 0 Å². The summed E-state index contributed by atoms with van der Waals surface area (Å²) in [6, 6.07) is 7.20. The topological polar surface area (TPSA) is 77.6 Å². The highest BCUT2D eigenvalue weighted by Crippen LogP contribution is 2.39. The molecule has 0 bridgehead atoms. The average molecular weight is 383 g/mol. The smallest absolute Gasteiger partial charge is 0.248 e. The van der Waals surface area contributed by atoms with Gasteiger partial charge in [0.1, 0.15) is 12.4 Å². The van der Waals surface area contributed by atoms with Crippen LogP contribution in [0.25, 0.3) is 5.69 Å². The van der Waals surface area contributed by atoms with E-state index in [1.165, 1.54) is 0 Å². The van der Waals surface area contributed by atoms with Crippen molar-refractivity contribution in [3.63, 3.8) is 0 Å². The van der Waals surface area contributed by atoms with Crippen molar-refractivity contribution in [1.29, 1.82) is 0 Å². The largest absolute Gasteiger partial charge is 0.490 e. The minimum Gasteiger partial charge on any atom is -0.490 e. The molecule has 0 saturated carbocycles. The third kappa shape index (κ3) is 3.97. The summed E-state index contributed by atoms with van der Waals surface area (Å²) in [5, 5.41) is 0. The van der Waals surface area contributed by atoms with E-state index in [0.717, 1.165) is 35.6 Å². The number of nitrogens with two attached hydrogens (primary N) is 1. The number of amides is 1. The molecule has 3 rings (SSSR count). The molecule has 0 atom stereocenters. The second kappa shape index (κ2) is 7.43. The van der Waals surface area contributed by atoms with Crippen molar-refractivity contribution in [2.45, 2.75) is 33.6 Å². The Hall–Kier alpha value is -2.60. The number of likely N-dealkylation sites (N-methyl/N-ethyl adjacent to an activating group) is 1. The summed E-state index contributed by atoms with van der Waals surface area (Å²) in [7, 11) is 3.95. The number of fused-ring (bicyclic) bond motifs is 1. The van der Waals surface area contributed by atoms with Crippen molar-refractivity contribution in [3.05, 3.63) is 46.8 Å². The van der Waals surface area contributed by atoms with Gasteiger partial charge in [-0.25, -0.2) is 0 Å². The normalized spacial score (nSPS) is 15.6. The predicted octanol–water partition coefficient (Wildman–Crippen LogP) is 2.98. The summed E-state index contributed by atoms with van der Waals surface area (Å²) in [6.07, 6.45) is 1.35. The molecule has 1 aliphatic carbocycles. The fourth-order valence-corrected chi connectivity index (χ4v) is 3.79. The Morgan fingerprint density at radius 3 is 2.61 bits per heavy atom. The zero-order chi connectivity index (χ0) is 20.6. The number of primary amides is 1. The van der Waals surface area contributed by atoms with E-state index in [2.05, 4.69) is 18.4 Å². The van der Waals surface area contributed by atoms with E-state index in [1.807, 2.05) is 38.1 Å². The number of aryl methyl sites for hydroxylation is 1. The molecular formula is C22H29N3O3. The van der Waals surface area contributed by atoms with E-state index in [9.17, 15) is 9.59 Å². The molecule has 1 heterocycles. The first-order valence-electron chi connectivity index (χ1n) is 9.55. The Balaban J connectivity index is 2.11. The first-order valence-corrected chi connectivity index (χ1v) is 9.55. The summed E-state index contributed by atoms with van der Waals surface area (Å²) in [5.41, 5.74) is 9.37.